The molecule has 7 nitrogen and oxygen atoms in total. The van der Waals surface area contributed by atoms with Gasteiger partial charge in [0.2, 0.25) is 0 Å². The number of halogens is 2. The van der Waals surface area contributed by atoms with Crippen molar-refractivity contribution in [2.24, 2.45) is 5.92 Å². The highest BCUT2D eigenvalue weighted by atomic mass is 35.5. The van der Waals surface area contributed by atoms with Crippen LogP contribution in [0, 0.1) is 18.7 Å². The lowest BCUT2D eigenvalue weighted by Crippen LogP contribution is -2.45. The zero-order valence-electron chi connectivity index (χ0n) is 14.0. The molecule has 25 heavy (non-hydrogen) atoms. The Hall–Kier alpha value is -2.48. The maximum absolute atomic E-state index is 13.3. The molecule has 134 valence electrons. The molecule has 2 rings (SSSR count). The first-order valence-electron chi connectivity index (χ1n) is 7.67. The van der Waals surface area contributed by atoms with Gasteiger partial charge in [-0.05, 0) is 31.0 Å². The van der Waals surface area contributed by atoms with Crippen molar-refractivity contribution < 1.29 is 19.1 Å². The van der Waals surface area contributed by atoms with Crippen molar-refractivity contribution in [3.8, 4) is 5.69 Å². The fraction of sp³-hybridized carbons (Fsp3) is 0.375. The van der Waals surface area contributed by atoms with Crippen molar-refractivity contribution >= 4 is 23.5 Å². The average molecular weight is 369 g/mol. The van der Waals surface area contributed by atoms with Crippen LogP contribution in [0.15, 0.2) is 18.2 Å². The normalized spacial score (nSPS) is 13.3. The molecule has 0 aliphatic heterocycles. The standard InChI is InChI=1S/C16H18ClFN4O3/c1-4-8(2)13(16(24)25)19-15(23)14-9(3)22(21-20-14)10-5-6-12(18)11(17)7-10/h5-8,13H,4H2,1-3H3,(H,19,23)(H,24,25). The number of hydrogen-bond donors (Lipinski definition) is 2. The molecule has 2 unspecified atom stereocenters. The first-order chi connectivity index (χ1) is 11.8. The van der Waals surface area contributed by atoms with Crippen LogP contribution in [-0.4, -0.2) is 38.0 Å². The Morgan fingerprint density at radius 1 is 1.44 bits per heavy atom. The van der Waals surface area contributed by atoms with Gasteiger partial charge in [-0.3, -0.25) is 4.79 Å². The number of aliphatic carboxylic acids is 1. The number of nitrogens with one attached hydrogen (secondary N) is 1. The van der Waals surface area contributed by atoms with E-state index in [4.69, 9.17) is 11.6 Å². The Kier molecular flexibility index (Phi) is 5.73. The molecule has 0 bridgehead atoms. The highest BCUT2D eigenvalue weighted by Crippen LogP contribution is 2.20. The van der Waals surface area contributed by atoms with Crippen molar-refractivity contribution in [1.82, 2.24) is 20.3 Å². The van der Waals surface area contributed by atoms with Crippen molar-refractivity contribution in [1.29, 1.82) is 0 Å². The van der Waals surface area contributed by atoms with Gasteiger partial charge < -0.3 is 10.4 Å². The summed E-state index contributed by atoms with van der Waals surface area (Å²) in [5.74, 6) is -2.56. The smallest absolute Gasteiger partial charge is 0.326 e. The van der Waals surface area contributed by atoms with Gasteiger partial charge in [-0.2, -0.15) is 0 Å². The topological polar surface area (TPSA) is 97.1 Å². The number of rotatable bonds is 6. The lowest BCUT2D eigenvalue weighted by Gasteiger charge is -2.19. The minimum atomic E-state index is -1.11. The van der Waals surface area contributed by atoms with Crippen LogP contribution in [0.25, 0.3) is 5.69 Å². The fourth-order valence-electron chi connectivity index (χ4n) is 2.29. The Bertz CT molecular complexity index is 809. The Labute approximate surface area is 148 Å². The van der Waals surface area contributed by atoms with E-state index < -0.39 is 23.7 Å². The number of carboxylic acids is 1. The molecule has 0 saturated carbocycles. The number of carbonyl (C=O) groups excluding carboxylic acids is 1. The molecule has 2 aromatic rings. The van der Waals surface area contributed by atoms with E-state index in [1.807, 2.05) is 6.92 Å². The highest BCUT2D eigenvalue weighted by Gasteiger charge is 2.28. The van der Waals surface area contributed by atoms with Crippen LogP contribution >= 0.6 is 11.6 Å². The number of carbonyl (C=O) groups is 2. The van der Waals surface area contributed by atoms with Crippen molar-refractivity contribution in [3.05, 3.63) is 40.4 Å². The van der Waals surface area contributed by atoms with Crippen LogP contribution < -0.4 is 5.32 Å². The summed E-state index contributed by atoms with van der Waals surface area (Å²) in [4.78, 5) is 23.7. The van der Waals surface area contributed by atoms with Crippen molar-refractivity contribution in [3.63, 3.8) is 0 Å². The average Bonchev–Trinajstić information content (AvgIpc) is 2.95. The van der Waals surface area contributed by atoms with E-state index in [1.165, 1.54) is 22.9 Å². The van der Waals surface area contributed by atoms with Gasteiger partial charge >= 0.3 is 5.97 Å². The Balaban J connectivity index is 2.29. The molecular formula is C16H18ClFN4O3. The molecule has 0 fully saturated rings. The highest BCUT2D eigenvalue weighted by molar-refractivity contribution is 6.30. The van der Waals surface area contributed by atoms with Gasteiger partial charge in [0.25, 0.3) is 5.91 Å². The first-order valence-corrected chi connectivity index (χ1v) is 8.05. The van der Waals surface area contributed by atoms with Gasteiger partial charge in [-0.15, -0.1) is 5.10 Å². The molecule has 0 spiro atoms. The van der Waals surface area contributed by atoms with E-state index in [0.29, 0.717) is 17.8 Å². The number of hydrogen-bond acceptors (Lipinski definition) is 4. The van der Waals surface area contributed by atoms with Crippen LogP contribution in [-0.2, 0) is 4.79 Å². The molecular weight excluding hydrogens is 351 g/mol. The maximum atomic E-state index is 13.3. The molecule has 1 heterocycles. The fourth-order valence-corrected chi connectivity index (χ4v) is 2.47. The van der Waals surface area contributed by atoms with Crippen molar-refractivity contribution in [2.45, 2.75) is 33.2 Å². The lowest BCUT2D eigenvalue weighted by atomic mass is 9.99. The summed E-state index contributed by atoms with van der Waals surface area (Å²) in [5.41, 5.74) is 0.815. The second-order valence-corrected chi connectivity index (χ2v) is 6.12. The molecule has 0 radical (unpaired) electrons. The number of benzene rings is 1. The zero-order chi connectivity index (χ0) is 18.7. The number of amides is 1. The lowest BCUT2D eigenvalue weighted by molar-refractivity contribution is -0.140. The summed E-state index contributed by atoms with van der Waals surface area (Å²) >= 11 is 5.76. The van der Waals surface area contributed by atoms with Crippen LogP contribution in [0.1, 0.15) is 36.5 Å². The number of aromatic nitrogens is 3. The third-order valence-corrected chi connectivity index (χ3v) is 4.31. The van der Waals surface area contributed by atoms with E-state index in [9.17, 15) is 19.1 Å². The third-order valence-electron chi connectivity index (χ3n) is 4.02. The predicted octanol–water partition coefficient (Wildman–Crippen LogP) is 2.60. The second kappa shape index (κ2) is 7.60. The summed E-state index contributed by atoms with van der Waals surface area (Å²) in [5, 5.41) is 19.3. The van der Waals surface area contributed by atoms with Gasteiger partial charge in [0.15, 0.2) is 5.69 Å². The summed E-state index contributed by atoms with van der Waals surface area (Å²) in [7, 11) is 0. The summed E-state index contributed by atoms with van der Waals surface area (Å²) in [6.45, 7) is 5.18. The first kappa shape index (κ1) is 18.9. The molecule has 0 aliphatic rings. The van der Waals surface area contributed by atoms with Gasteiger partial charge in [0, 0.05) is 0 Å². The molecule has 0 aliphatic carbocycles. The Morgan fingerprint density at radius 3 is 2.68 bits per heavy atom. The van der Waals surface area contributed by atoms with Crippen LogP contribution in [0.2, 0.25) is 5.02 Å². The minimum Gasteiger partial charge on any atom is -0.480 e. The maximum Gasteiger partial charge on any atom is 0.326 e. The Morgan fingerprint density at radius 2 is 2.12 bits per heavy atom. The predicted molar refractivity (Wildman–Crippen MR) is 89.4 cm³/mol. The van der Waals surface area contributed by atoms with E-state index in [0.717, 1.165) is 0 Å². The van der Waals surface area contributed by atoms with E-state index >= 15 is 0 Å². The summed E-state index contributed by atoms with van der Waals surface area (Å²) in [6, 6.07) is 2.97. The second-order valence-electron chi connectivity index (χ2n) is 5.71. The van der Waals surface area contributed by atoms with Gasteiger partial charge in [0.05, 0.1) is 16.4 Å². The molecule has 0 saturated heterocycles. The molecule has 9 heteroatoms. The third kappa shape index (κ3) is 3.96. The SMILES string of the molecule is CCC(C)C(NC(=O)c1nnn(-c2ccc(F)c(Cl)c2)c1C)C(=O)O. The van der Waals surface area contributed by atoms with Crippen LogP contribution in [0.3, 0.4) is 0 Å². The van der Waals surface area contributed by atoms with Gasteiger partial charge in [-0.1, -0.05) is 37.1 Å². The number of carboxylic acid groups (broad SMARTS) is 1. The summed E-state index contributed by atoms with van der Waals surface area (Å²) in [6.07, 6.45) is 0.594. The number of nitrogens with zero attached hydrogens (tertiary/aromatic N) is 3. The largest absolute Gasteiger partial charge is 0.480 e. The molecule has 2 atom stereocenters. The van der Waals surface area contributed by atoms with E-state index in [2.05, 4.69) is 15.6 Å². The van der Waals surface area contributed by atoms with Crippen molar-refractivity contribution in [2.75, 3.05) is 0 Å². The van der Waals surface area contributed by atoms with E-state index in [-0.39, 0.29) is 16.6 Å². The molecule has 1 aromatic heterocycles. The monoisotopic (exact) mass is 368 g/mol. The molecule has 2 N–H and O–H groups in total. The van der Waals surface area contributed by atoms with Gasteiger partial charge in [0.1, 0.15) is 11.9 Å². The zero-order valence-corrected chi connectivity index (χ0v) is 14.7. The van der Waals surface area contributed by atoms with Crippen LogP contribution in [0.4, 0.5) is 4.39 Å². The molecule has 1 amide bonds. The summed E-state index contributed by atoms with van der Waals surface area (Å²) < 4.78 is 14.6. The quantitative estimate of drug-likeness (QED) is 0.816. The minimum absolute atomic E-state index is 0.00463. The van der Waals surface area contributed by atoms with Gasteiger partial charge in [-0.25, -0.2) is 13.9 Å². The van der Waals surface area contributed by atoms with Crippen LogP contribution in [0.5, 0.6) is 0 Å². The molecule has 1 aromatic carbocycles. The van der Waals surface area contributed by atoms with E-state index in [1.54, 1.807) is 13.8 Å².